The van der Waals surface area contributed by atoms with E-state index in [1.54, 1.807) is 0 Å². The topological polar surface area (TPSA) is 61.9 Å². The molecule has 6 nitrogen and oxygen atoms in total. The molecule has 4 atom stereocenters. The molecule has 33 heavy (non-hydrogen) atoms. The number of nitrogens with one attached hydrogen (secondary N) is 1. The highest BCUT2D eigenvalue weighted by Gasteiger charge is 2.50. The van der Waals surface area contributed by atoms with Crippen molar-refractivity contribution in [2.45, 2.75) is 70.4 Å². The van der Waals surface area contributed by atoms with Crippen molar-refractivity contribution in [3.05, 3.63) is 35.6 Å². The van der Waals surface area contributed by atoms with Crippen LogP contribution >= 0.6 is 0 Å². The second-order valence-electron chi connectivity index (χ2n) is 9.46. The van der Waals surface area contributed by atoms with Gasteiger partial charge in [0, 0.05) is 24.5 Å². The fraction of sp³-hybridized carbons (Fsp3) is 0.692. The first-order valence-electron chi connectivity index (χ1n) is 12.6. The second-order valence-corrected chi connectivity index (χ2v) is 9.46. The van der Waals surface area contributed by atoms with Gasteiger partial charge in [0.25, 0.3) is 0 Å². The minimum atomic E-state index is -0.256. The van der Waals surface area contributed by atoms with Gasteiger partial charge in [0.1, 0.15) is 5.82 Å². The third-order valence-electron chi connectivity index (χ3n) is 7.21. The number of carbonyl (C=O) groups is 2. The average Bonchev–Trinajstić information content (AvgIpc) is 3.08. The zero-order valence-corrected chi connectivity index (χ0v) is 20.4. The van der Waals surface area contributed by atoms with E-state index in [1.165, 1.54) is 19.2 Å². The van der Waals surface area contributed by atoms with Gasteiger partial charge in [-0.25, -0.2) is 4.39 Å². The maximum absolute atomic E-state index is 13.5. The van der Waals surface area contributed by atoms with Gasteiger partial charge in [0.05, 0.1) is 19.6 Å². The molecule has 0 aliphatic carbocycles. The van der Waals surface area contributed by atoms with Crippen LogP contribution in [0.15, 0.2) is 24.3 Å². The highest BCUT2D eigenvalue weighted by molar-refractivity contribution is 5.78. The Balaban J connectivity index is 1.63. The number of piperidine rings is 1. The van der Waals surface area contributed by atoms with E-state index in [0.717, 1.165) is 70.3 Å². The van der Waals surface area contributed by atoms with Gasteiger partial charge in [0.15, 0.2) is 0 Å². The van der Waals surface area contributed by atoms with Gasteiger partial charge in [-0.05, 0) is 75.9 Å². The van der Waals surface area contributed by atoms with Crippen molar-refractivity contribution in [2.75, 3.05) is 39.8 Å². The molecule has 2 unspecified atom stereocenters. The lowest BCUT2D eigenvalue weighted by atomic mass is 9.76. The molecule has 1 N–H and O–H groups in total. The molecule has 184 valence electrons. The molecule has 7 heteroatoms. The van der Waals surface area contributed by atoms with E-state index < -0.39 is 0 Å². The lowest BCUT2D eigenvalue weighted by molar-refractivity contribution is -0.150. The molecule has 2 fully saturated rings. The number of ether oxygens (including phenoxy) is 1. The van der Waals surface area contributed by atoms with Crippen LogP contribution < -0.4 is 5.32 Å². The summed E-state index contributed by atoms with van der Waals surface area (Å²) in [6, 6.07) is 7.18. The van der Waals surface area contributed by atoms with Gasteiger partial charge >= 0.3 is 5.97 Å². The number of carbonyl (C=O) groups excluding carboxylic acids is 2. The monoisotopic (exact) mass is 461 g/mol. The summed E-state index contributed by atoms with van der Waals surface area (Å²) in [5.41, 5.74) is 1.02. The Morgan fingerprint density at radius 1 is 1.15 bits per heavy atom. The summed E-state index contributed by atoms with van der Waals surface area (Å²) in [5.74, 6) is -0.499. The smallest absolute Gasteiger partial charge is 0.310 e. The first-order valence-corrected chi connectivity index (χ1v) is 12.6. The largest absolute Gasteiger partial charge is 0.469 e. The highest BCUT2D eigenvalue weighted by atomic mass is 19.1. The zero-order chi connectivity index (χ0) is 23.8. The Kier molecular flexibility index (Phi) is 9.68. The molecule has 0 aromatic heterocycles. The van der Waals surface area contributed by atoms with Crippen LogP contribution in [0.25, 0.3) is 0 Å². The van der Waals surface area contributed by atoms with E-state index in [-0.39, 0.29) is 35.6 Å². The van der Waals surface area contributed by atoms with Crippen molar-refractivity contribution in [1.82, 2.24) is 15.1 Å². The van der Waals surface area contributed by atoms with Crippen LogP contribution in [0, 0.1) is 11.7 Å². The van der Waals surface area contributed by atoms with Crippen molar-refractivity contribution in [2.24, 2.45) is 5.92 Å². The number of amides is 1. The van der Waals surface area contributed by atoms with Gasteiger partial charge in [-0.15, -0.1) is 0 Å². The number of halogens is 1. The third-order valence-corrected chi connectivity index (χ3v) is 7.21. The summed E-state index contributed by atoms with van der Waals surface area (Å²) in [7, 11) is 1.46. The second kappa shape index (κ2) is 12.5. The van der Waals surface area contributed by atoms with Crippen LogP contribution in [-0.2, 0) is 14.3 Å². The van der Waals surface area contributed by atoms with Gasteiger partial charge in [-0.2, -0.15) is 0 Å². The highest BCUT2D eigenvalue weighted by Crippen LogP contribution is 2.47. The molecule has 2 aliphatic heterocycles. The summed E-state index contributed by atoms with van der Waals surface area (Å²) in [6.07, 6.45) is 5.87. The minimum Gasteiger partial charge on any atom is -0.469 e. The molecule has 1 aromatic carbocycles. The molecule has 1 amide bonds. The van der Waals surface area contributed by atoms with Crippen LogP contribution in [-0.4, -0.2) is 73.6 Å². The van der Waals surface area contributed by atoms with E-state index >= 15 is 0 Å². The van der Waals surface area contributed by atoms with Crippen molar-refractivity contribution in [1.29, 1.82) is 0 Å². The summed E-state index contributed by atoms with van der Waals surface area (Å²) in [4.78, 5) is 29.8. The lowest BCUT2D eigenvalue weighted by Crippen LogP contribution is -2.51. The normalized spacial score (nSPS) is 24.8. The molecule has 2 aliphatic rings. The van der Waals surface area contributed by atoms with E-state index in [9.17, 15) is 14.0 Å². The fourth-order valence-corrected chi connectivity index (χ4v) is 5.76. The molecule has 0 radical (unpaired) electrons. The van der Waals surface area contributed by atoms with E-state index in [4.69, 9.17) is 4.74 Å². The summed E-state index contributed by atoms with van der Waals surface area (Å²) < 4.78 is 18.7. The molecule has 3 rings (SSSR count). The lowest BCUT2D eigenvalue weighted by Gasteiger charge is -2.44. The number of hydrogen-bond donors (Lipinski definition) is 1. The first kappa shape index (κ1) is 25.6. The fourth-order valence-electron chi connectivity index (χ4n) is 5.76. The third kappa shape index (κ3) is 6.54. The Morgan fingerprint density at radius 2 is 1.91 bits per heavy atom. The predicted octanol–water partition coefficient (Wildman–Crippen LogP) is 3.56. The van der Waals surface area contributed by atoms with Crippen molar-refractivity contribution < 1.29 is 18.7 Å². The van der Waals surface area contributed by atoms with Gasteiger partial charge in [-0.3, -0.25) is 19.4 Å². The predicted molar refractivity (Wildman–Crippen MR) is 127 cm³/mol. The maximum atomic E-state index is 13.5. The Morgan fingerprint density at radius 3 is 2.58 bits per heavy atom. The van der Waals surface area contributed by atoms with Crippen molar-refractivity contribution in [3.63, 3.8) is 0 Å². The molecule has 0 spiro atoms. The summed E-state index contributed by atoms with van der Waals surface area (Å²) >= 11 is 0. The average molecular weight is 462 g/mol. The van der Waals surface area contributed by atoms with Crippen LogP contribution in [0.2, 0.25) is 0 Å². The first-order chi connectivity index (χ1) is 16.0. The zero-order valence-electron chi connectivity index (χ0n) is 20.4. The minimum absolute atomic E-state index is 0.0608. The molecule has 2 saturated heterocycles. The standard InChI is InChI=1S/C26H40FN3O3/c1-4-13-28-24(31)18-29(14-5-2)15-6-16-30-21-11-12-23(30)25(26(32)33-3)22(17-21)19-7-9-20(27)10-8-19/h7-10,21-23,25H,4-6,11-18H2,1-3H3,(H,28,31)/t21-,22-,23?,25?/m1/s1. The van der Waals surface area contributed by atoms with E-state index in [2.05, 4.69) is 29.0 Å². The summed E-state index contributed by atoms with van der Waals surface area (Å²) in [5, 5.41) is 2.97. The quantitative estimate of drug-likeness (QED) is 0.482. The number of esters is 1. The van der Waals surface area contributed by atoms with Crippen LogP contribution in [0.5, 0.6) is 0 Å². The van der Waals surface area contributed by atoms with Crippen LogP contribution in [0.3, 0.4) is 0 Å². The Labute approximate surface area is 197 Å². The van der Waals surface area contributed by atoms with Crippen LogP contribution in [0.4, 0.5) is 4.39 Å². The Hall–Kier alpha value is -1.99. The molecule has 2 bridgehead atoms. The molecule has 1 aromatic rings. The van der Waals surface area contributed by atoms with Gasteiger partial charge < -0.3 is 10.1 Å². The number of rotatable bonds is 12. The summed E-state index contributed by atoms with van der Waals surface area (Å²) in [6.45, 7) is 8.04. The number of hydrogen-bond acceptors (Lipinski definition) is 5. The van der Waals surface area contributed by atoms with Gasteiger partial charge in [-0.1, -0.05) is 26.0 Å². The van der Waals surface area contributed by atoms with Gasteiger partial charge in [0.2, 0.25) is 5.91 Å². The number of fused-ring (bicyclic) bond motifs is 2. The van der Waals surface area contributed by atoms with Crippen LogP contribution in [0.1, 0.15) is 63.9 Å². The maximum Gasteiger partial charge on any atom is 0.310 e. The SMILES string of the molecule is CCCNC(=O)CN(CCC)CCCN1C2CC[C@@H]1C[C@H](c1ccc(F)cc1)C2C(=O)OC. The van der Waals surface area contributed by atoms with E-state index in [0.29, 0.717) is 12.6 Å². The number of benzene rings is 1. The molecular formula is C26H40FN3O3. The number of methoxy groups -OCH3 is 1. The molecule has 0 saturated carbocycles. The molecular weight excluding hydrogens is 421 g/mol. The Bertz CT molecular complexity index is 773. The van der Waals surface area contributed by atoms with E-state index in [1.807, 2.05) is 12.1 Å². The molecule has 2 heterocycles. The van der Waals surface area contributed by atoms with Crippen molar-refractivity contribution in [3.8, 4) is 0 Å². The number of nitrogens with zero attached hydrogens (tertiary/aromatic N) is 2. The van der Waals surface area contributed by atoms with Crippen molar-refractivity contribution >= 4 is 11.9 Å².